The molecule has 0 aliphatic rings. The summed E-state index contributed by atoms with van der Waals surface area (Å²) in [5.74, 6) is 1.21. The number of anilines is 1. The maximum absolute atomic E-state index is 11.5. The van der Waals surface area contributed by atoms with Crippen molar-refractivity contribution in [3.63, 3.8) is 0 Å². The zero-order valence-electron chi connectivity index (χ0n) is 15.1. The molecule has 0 saturated heterocycles. The minimum atomic E-state index is -0.410. The molecule has 0 atom stereocenters. The molecule has 3 aromatic heterocycles. The van der Waals surface area contributed by atoms with E-state index < -0.39 is 5.97 Å². The lowest BCUT2D eigenvalue weighted by atomic mass is 10.2. The second kappa shape index (κ2) is 6.99. The molecule has 0 amide bonds. The number of benzene rings is 1. The van der Waals surface area contributed by atoms with Crippen LogP contribution in [-0.4, -0.2) is 37.9 Å². The quantitative estimate of drug-likeness (QED) is 0.519. The molecule has 4 aromatic rings. The monoisotopic (exact) mass is 380 g/mol. The van der Waals surface area contributed by atoms with Gasteiger partial charge in [-0.25, -0.2) is 19.4 Å². The minimum absolute atomic E-state index is 0.167. The molecule has 142 valence electrons. The van der Waals surface area contributed by atoms with E-state index in [9.17, 15) is 4.79 Å². The molecule has 0 saturated carbocycles. The molecular weight excluding hydrogens is 364 g/mol. The number of nitrogens with two attached hydrogens (primary N) is 1. The maximum atomic E-state index is 11.5. The lowest BCUT2D eigenvalue weighted by molar-refractivity contribution is 0.0600. The Morgan fingerprint density at radius 1 is 1.25 bits per heavy atom. The Bertz CT molecular complexity index is 1150. The average Bonchev–Trinajstić information content (AvgIpc) is 3.30. The summed E-state index contributed by atoms with van der Waals surface area (Å²) < 4.78 is 17.1. The highest BCUT2D eigenvalue weighted by atomic mass is 16.6. The van der Waals surface area contributed by atoms with Gasteiger partial charge in [0.15, 0.2) is 17.3 Å². The molecule has 28 heavy (non-hydrogen) atoms. The van der Waals surface area contributed by atoms with Crippen molar-refractivity contribution in [2.45, 2.75) is 13.5 Å². The predicted molar refractivity (Wildman–Crippen MR) is 98.8 cm³/mol. The Labute approximate surface area is 158 Å². The van der Waals surface area contributed by atoms with E-state index >= 15 is 0 Å². The van der Waals surface area contributed by atoms with Crippen LogP contribution >= 0.6 is 0 Å². The number of rotatable bonds is 5. The van der Waals surface area contributed by atoms with E-state index in [1.807, 2.05) is 11.5 Å². The first-order chi connectivity index (χ1) is 13.6. The van der Waals surface area contributed by atoms with Crippen LogP contribution in [0.3, 0.4) is 0 Å². The van der Waals surface area contributed by atoms with Gasteiger partial charge < -0.3 is 19.8 Å². The Hall–Kier alpha value is -3.95. The van der Waals surface area contributed by atoms with E-state index in [2.05, 4.69) is 29.6 Å². The topological polar surface area (TPSA) is 131 Å². The summed E-state index contributed by atoms with van der Waals surface area (Å²) in [6.45, 7) is 2.59. The van der Waals surface area contributed by atoms with Crippen LogP contribution in [0.2, 0.25) is 0 Å². The first kappa shape index (κ1) is 17.5. The smallest absolute Gasteiger partial charge is 0.337 e. The number of pyridine rings is 1. The molecule has 2 N–H and O–H groups in total. The maximum Gasteiger partial charge on any atom is 0.337 e. The average molecular weight is 380 g/mol. The number of methoxy groups -OCH3 is 1. The fourth-order valence-electron chi connectivity index (χ4n) is 2.81. The highest BCUT2D eigenvalue weighted by molar-refractivity contribution is 5.89. The Kier molecular flexibility index (Phi) is 4.36. The normalized spacial score (nSPS) is 10.9. The standard InChI is InChI=1S/C18H16N6O4/c1-3-24-13-8-14(27-11-6-4-10(5-7-11)18(25)26-2)20-9-12(13)21-17(24)15-16(19)23-28-22-15/h4-9H,3H2,1-2H3,(H2,19,23). The molecule has 1 aromatic carbocycles. The number of carbonyl (C=O) groups excluding carboxylic acids is 1. The third-order valence-corrected chi connectivity index (χ3v) is 4.15. The van der Waals surface area contributed by atoms with Gasteiger partial charge in [0.1, 0.15) is 11.3 Å². The number of imidazole rings is 1. The Morgan fingerprint density at radius 3 is 2.68 bits per heavy atom. The third-order valence-electron chi connectivity index (χ3n) is 4.15. The molecule has 3 heterocycles. The molecule has 0 aliphatic heterocycles. The zero-order valence-corrected chi connectivity index (χ0v) is 15.1. The van der Waals surface area contributed by atoms with Crippen LogP contribution in [0, 0.1) is 0 Å². The number of aryl methyl sites for hydroxylation is 1. The molecule has 4 rings (SSSR count). The van der Waals surface area contributed by atoms with Gasteiger partial charge in [-0.3, -0.25) is 0 Å². The molecule has 0 fully saturated rings. The molecule has 0 unspecified atom stereocenters. The van der Waals surface area contributed by atoms with Crippen LogP contribution in [-0.2, 0) is 11.3 Å². The molecule has 0 aliphatic carbocycles. The first-order valence-corrected chi connectivity index (χ1v) is 8.41. The van der Waals surface area contributed by atoms with Gasteiger partial charge in [0.25, 0.3) is 0 Å². The van der Waals surface area contributed by atoms with E-state index in [1.54, 1.807) is 36.5 Å². The molecule has 0 spiro atoms. The minimum Gasteiger partial charge on any atom is -0.465 e. The van der Waals surface area contributed by atoms with Gasteiger partial charge in [-0.1, -0.05) is 0 Å². The third kappa shape index (κ3) is 3.00. The zero-order chi connectivity index (χ0) is 19.7. The van der Waals surface area contributed by atoms with Crippen molar-refractivity contribution in [1.29, 1.82) is 0 Å². The van der Waals surface area contributed by atoms with Gasteiger partial charge in [-0.05, 0) is 41.5 Å². The largest absolute Gasteiger partial charge is 0.465 e. The van der Waals surface area contributed by atoms with Crippen LogP contribution < -0.4 is 10.5 Å². The van der Waals surface area contributed by atoms with Crippen molar-refractivity contribution >= 4 is 22.8 Å². The number of esters is 1. The van der Waals surface area contributed by atoms with Crippen LogP contribution in [0.5, 0.6) is 11.6 Å². The van der Waals surface area contributed by atoms with Crippen molar-refractivity contribution in [3.05, 3.63) is 42.1 Å². The van der Waals surface area contributed by atoms with Crippen molar-refractivity contribution in [3.8, 4) is 23.1 Å². The molecule has 10 heteroatoms. The number of hydrogen-bond donors (Lipinski definition) is 1. The highest BCUT2D eigenvalue weighted by Crippen LogP contribution is 2.29. The summed E-state index contributed by atoms with van der Waals surface area (Å²) in [6, 6.07) is 8.35. The van der Waals surface area contributed by atoms with Crippen molar-refractivity contribution in [2.24, 2.45) is 0 Å². The summed E-state index contributed by atoms with van der Waals surface area (Å²) in [5.41, 5.74) is 8.07. The second-order valence-corrected chi connectivity index (χ2v) is 5.81. The van der Waals surface area contributed by atoms with E-state index in [4.69, 9.17) is 10.5 Å². The van der Waals surface area contributed by atoms with Gasteiger partial charge >= 0.3 is 5.97 Å². The molecule has 10 nitrogen and oxygen atoms in total. The fraction of sp³-hybridized carbons (Fsp3) is 0.167. The number of hydrogen-bond acceptors (Lipinski definition) is 9. The van der Waals surface area contributed by atoms with Gasteiger partial charge in [0.2, 0.25) is 5.88 Å². The van der Waals surface area contributed by atoms with Gasteiger partial charge in [-0.2, -0.15) is 0 Å². The van der Waals surface area contributed by atoms with E-state index in [-0.39, 0.29) is 5.82 Å². The summed E-state index contributed by atoms with van der Waals surface area (Å²) in [4.78, 5) is 20.3. The van der Waals surface area contributed by atoms with E-state index in [1.165, 1.54) is 7.11 Å². The number of fused-ring (bicyclic) bond motifs is 1. The van der Waals surface area contributed by atoms with Crippen LogP contribution in [0.15, 0.2) is 41.2 Å². The summed E-state index contributed by atoms with van der Waals surface area (Å²) in [6.07, 6.45) is 1.60. The van der Waals surface area contributed by atoms with Gasteiger partial charge in [0.05, 0.1) is 24.4 Å². The number of ether oxygens (including phenoxy) is 2. The lowest BCUT2D eigenvalue weighted by Gasteiger charge is -2.07. The van der Waals surface area contributed by atoms with Crippen LogP contribution in [0.25, 0.3) is 22.6 Å². The summed E-state index contributed by atoms with van der Waals surface area (Å²) in [7, 11) is 1.33. The summed E-state index contributed by atoms with van der Waals surface area (Å²) in [5, 5.41) is 7.43. The molecule has 0 bridgehead atoms. The van der Waals surface area contributed by atoms with Crippen molar-refractivity contribution < 1.29 is 18.9 Å². The first-order valence-electron chi connectivity index (χ1n) is 8.41. The number of carbonyl (C=O) groups is 1. The van der Waals surface area contributed by atoms with Crippen LogP contribution in [0.4, 0.5) is 5.82 Å². The number of nitrogens with zero attached hydrogens (tertiary/aromatic N) is 5. The molecule has 0 radical (unpaired) electrons. The Balaban J connectivity index is 1.68. The van der Waals surface area contributed by atoms with Gasteiger partial charge in [-0.15, -0.1) is 0 Å². The highest BCUT2D eigenvalue weighted by Gasteiger charge is 2.19. The fourth-order valence-corrected chi connectivity index (χ4v) is 2.81. The number of aromatic nitrogens is 5. The van der Waals surface area contributed by atoms with Crippen molar-refractivity contribution in [2.75, 3.05) is 12.8 Å². The molecular formula is C18H16N6O4. The lowest BCUT2D eigenvalue weighted by Crippen LogP contribution is -2.01. The number of nitrogen functional groups attached to an aromatic ring is 1. The van der Waals surface area contributed by atoms with E-state index in [0.29, 0.717) is 40.8 Å². The van der Waals surface area contributed by atoms with Gasteiger partial charge in [0, 0.05) is 12.6 Å². The predicted octanol–water partition coefficient (Wildman–Crippen LogP) is 2.66. The second-order valence-electron chi connectivity index (χ2n) is 5.81. The van der Waals surface area contributed by atoms with E-state index in [0.717, 1.165) is 5.52 Å². The Morgan fingerprint density at radius 2 is 2.04 bits per heavy atom. The SMILES string of the molecule is CCn1c(-c2nonc2N)nc2cnc(Oc3ccc(C(=O)OC)cc3)cc21. The summed E-state index contributed by atoms with van der Waals surface area (Å²) >= 11 is 0. The van der Waals surface area contributed by atoms with Crippen molar-refractivity contribution in [1.82, 2.24) is 24.8 Å². The van der Waals surface area contributed by atoms with Crippen LogP contribution in [0.1, 0.15) is 17.3 Å².